The second kappa shape index (κ2) is 19.1. The molecule has 3 aromatic carbocycles. The Bertz CT molecular complexity index is 1850. The normalized spacial score (nSPS) is 11.2. The van der Waals surface area contributed by atoms with Gasteiger partial charge in [-0.05, 0) is 41.8 Å². The van der Waals surface area contributed by atoms with E-state index in [1.54, 1.807) is 12.1 Å². The number of hydrogen-bond donors (Lipinski definition) is 3. The first-order chi connectivity index (χ1) is 21.5. The van der Waals surface area contributed by atoms with Gasteiger partial charge in [0.1, 0.15) is 17.1 Å². The van der Waals surface area contributed by atoms with E-state index in [0.717, 1.165) is 5.41 Å². The number of nitrogens with one attached hydrogen (secondary N) is 1. The monoisotopic (exact) mass is 726 g/mol. The zero-order valence-electron chi connectivity index (χ0n) is 24.8. The van der Waals surface area contributed by atoms with E-state index >= 15 is 0 Å². The van der Waals surface area contributed by atoms with E-state index < -0.39 is 15.9 Å². The van der Waals surface area contributed by atoms with E-state index in [0.29, 0.717) is 34.4 Å². The summed E-state index contributed by atoms with van der Waals surface area (Å²) in [5, 5.41) is 50.9. The second-order valence-corrected chi connectivity index (χ2v) is 12.3. The molecule has 4 rings (SSSR count). The van der Waals surface area contributed by atoms with Crippen LogP contribution >= 0.6 is 24.1 Å². The molecule has 0 atom stereocenters. The SMILES string of the molecule is C=CS(=O)(=O)CCN(C)c1nc(F)nc(Nc2ccc(SOO[O-])c(N=Nc3c(N)ccc4cc(SOO[O-])cc(O)c34)c2)n1.[Na+].[Na+]. The summed E-state index contributed by atoms with van der Waals surface area (Å²) in [6.45, 7) is 3.20. The summed E-state index contributed by atoms with van der Waals surface area (Å²) in [4.78, 5) is 13.3. The Hall–Kier alpha value is -2.19. The van der Waals surface area contributed by atoms with Crippen LogP contribution in [0.25, 0.3) is 10.8 Å². The summed E-state index contributed by atoms with van der Waals surface area (Å²) in [5.41, 5.74) is 6.76. The van der Waals surface area contributed by atoms with Gasteiger partial charge >= 0.3 is 65.2 Å². The molecular weight excluding hydrogens is 705 g/mol. The van der Waals surface area contributed by atoms with Gasteiger partial charge in [0.25, 0.3) is 0 Å². The molecule has 0 bridgehead atoms. The number of azo groups is 1. The number of halogens is 1. The van der Waals surface area contributed by atoms with Gasteiger partial charge in [0.2, 0.25) is 11.9 Å². The topological polar surface area (TPSA) is 242 Å². The Morgan fingerprint density at radius 1 is 1.09 bits per heavy atom. The fraction of sp³-hybridized carbons (Fsp3) is 0.125. The summed E-state index contributed by atoms with van der Waals surface area (Å²) in [6.07, 6.45) is -1.13. The number of phenolic OH excluding ortho intramolecular Hbond substituents is 1. The summed E-state index contributed by atoms with van der Waals surface area (Å²) in [5.74, 6) is -0.909. The zero-order chi connectivity index (χ0) is 32.6. The summed E-state index contributed by atoms with van der Waals surface area (Å²) in [6, 6.07) is 10.4. The third kappa shape index (κ3) is 11.4. The number of hydrogen-bond acceptors (Lipinski definition) is 19. The van der Waals surface area contributed by atoms with Gasteiger partial charge in [-0.25, -0.2) is 8.42 Å². The molecule has 238 valence electrons. The maximum absolute atomic E-state index is 14.3. The minimum Gasteiger partial charge on any atom is -0.691 e. The number of benzene rings is 3. The second-order valence-electron chi connectivity index (χ2n) is 8.67. The van der Waals surface area contributed by atoms with Crippen LogP contribution in [0.5, 0.6) is 5.75 Å². The molecule has 0 saturated heterocycles. The molecule has 0 aliphatic heterocycles. The first-order valence-electron chi connectivity index (χ1n) is 12.2. The van der Waals surface area contributed by atoms with Gasteiger partial charge in [-0.15, -0.1) is 10.2 Å². The van der Waals surface area contributed by atoms with Gasteiger partial charge in [0.15, 0.2) is 9.84 Å². The molecule has 0 aliphatic carbocycles. The van der Waals surface area contributed by atoms with Crippen LogP contribution in [0, 0.1) is 6.08 Å². The molecule has 4 aromatic rings. The van der Waals surface area contributed by atoms with E-state index in [1.807, 2.05) is 0 Å². The maximum Gasteiger partial charge on any atom is 1.00 e. The van der Waals surface area contributed by atoms with Crippen molar-refractivity contribution in [2.75, 3.05) is 35.3 Å². The fourth-order valence-corrected chi connectivity index (χ4v) is 5.21. The number of aromatic nitrogens is 3. The minimum atomic E-state index is -3.52. The van der Waals surface area contributed by atoms with Crippen LogP contribution in [0.3, 0.4) is 0 Å². The Morgan fingerprint density at radius 2 is 1.81 bits per heavy atom. The van der Waals surface area contributed by atoms with Crippen molar-refractivity contribution in [1.82, 2.24) is 15.0 Å². The van der Waals surface area contributed by atoms with Gasteiger partial charge in [0.05, 0.1) is 45.8 Å². The van der Waals surface area contributed by atoms with Crippen molar-refractivity contribution < 1.29 is 106 Å². The third-order valence-electron chi connectivity index (χ3n) is 5.76. The van der Waals surface area contributed by atoms with E-state index in [9.17, 15) is 28.4 Å². The molecule has 0 aliphatic rings. The van der Waals surface area contributed by atoms with Crippen LogP contribution in [0.1, 0.15) is 0 Å². The molecule has 0 spiro atoms. The van der Waals surface area contributed by atoms with Gasteiger partial charge in [-0.2, -0.15) is 28.0 Å². The number of phenols is 1. The number of nitrogens with zero attached hydrogens (tertiary/aromatic N) is 6. The Balaban J connectivity index is 0.00000384. The molecule has 47 heavy (non-hydrogen) atoms. The predicted molar refractivity (Wildman–Crippen MR) is 157 cm³/mol. The van der Waals surface area contributed by atoms with E-state index in [-0.39, 0.29) is 122 Å². The molecule has 1 heterocycles. The van der Waals surface area contributed by atoms with Gasteiger partial charge < -0.3 is 31.6 Å². The van der Waals surface area contributed by atoms with Crippen molar-refractivity contribution in [3.63, 3.8) is 0 Å². The zero-order valence-corrected chi connectivity index (χ0v) is 31.3. The van der Waals surface area contributed by atoms with Crippen LogP contribution in [-0.2, 0) is 28.6 Å². The summed E-state index contributed by atoms with van der Waals surface area (Å²) < 4.78 is 46.5. The molecule has 23 heteroatoms. The molecule has 0 fully saturated rings. The van der Waals surface area contributed by atoms with Gasteiger partial charge in [0, 0.05) is 29.6 Å². The number of nitrogens with two attached hydrogens (primary N) is 1. The van der Waals surface area contributed by atoms with Crippen molar-refractivity contribution >= 4 is 79.3 Å². The van der Waals surface area contributed by atoms with Crippen molar-refractivity contribution in [2.45, 2.75) is 9.79 Å². The van der Waals surface area contributed by atoms with Crippen LogP contribution in [0.15, 0.2) is 74.5 Å². The summed E-state index contributed by atoms with van der Waals surface area (Å²) >= 11 is 1.10. The molecule has 0 saturated carbocycles. The predicted octanol–water partition coefficient (Wildman–Crippen LogP) is -2.93. The van der Waals surface area contributed by atoms with Crippen molar-refractivity contribution in [1.29, 1.82) is 0 Å². The Morgan fingerprint density at radius 3 is 2.51 bits per heavy atom. The first kappa shape index (κ1) is 41.0. The number of anilines is 4. The van der Waals surface area contributed by atoms with E-state index in [4.69, 9.17) is 5.73 Å². The standard InChI is InChI=1S/C24H23FN8O9S3.2Na/c1-3-45(37,38)9-8-33(2)24-29-22(25)28-23(30-24)27-14-5-7-19(44-42-40-36)17(11-14)31-32-21-16(26)6-4-13-10-15(43-41-39-35)12-18(34)20(13)21;;/h3-7,10-12,34-36H,1,8-9,26H2,2H3,(H,27,28,29,30);;/q;2*+1/p-2. The van der Waals surface area contributed by atoms with Crippen LogP contribution in [-0.4, -0.2) is 47.8 Å². The molecule has 0 amide bonds. The average Bonchev–Trinajstić information content (AvgIpc) is 3.01. The molecule has 0 radical (unpaired) electrons. The van der Waals surface area contributed by atoms with Gasteiger partial charge in [-0.1, -0.05) is 12.6 Å². The molecule has 17 nitrogen and oxygen atoms in total. The van der Waals surface area contributed by atoms with Crippen molar-refractivity contribution in [3.05, 3.63) is 60.5 Å². The average molecular weight is 727 g/mol. The number of fused-ring (bicyclic) bond motifs is 1. The van der Waals surface area contributed by atoms with Crippen molar-refractivity contribution in [3.8, 4) is 5.75 Å². The van der Waals surface area contributed by atoms with E-state index in [1.165, 1.54) is 42.3 Å². The third-order valence-corrected chi connectivity index (χ3v) is 8.22. The largest absolute Gasteiger partial charge is 1.00 e. The smallest absolute Gasteiger partial charge is 0.691 e. The summed E-state index contributed by atoms with van der Waals surface area (Å²) in [7, 11) is -2.04. The molecule has 1 aromatic heterocycles. The van der Waals surface area contributed by atoms with Crippen LogP contribution in [0.2, 0.25) is 0 Å². The van der Waals surface area contributed by atoms with Crippen LogP contribution < -0.4 is 85.6 Å². The molecular formula is C24H21FN8Na2O9S3. The Kier molecular flexibility index (Phi) is 16.7. The number of nitrogen functional groups attached to an aromatic ring is 1. The quantitative estimate of drug-likeness (QED) is 0.0277. The van der Waals surface area contributed by atoms with Crippen LogP contribution in [0.4, 0.5) is 39.0 Å². The number of aromatic hydroxyl groups is 1. The molecule has 4 N–H and O–H groups in total. The fourth-order valence-electron chi connectivity index (χ4n) is 3.66. The first-order valence-corrected chi connectivity index (χ1v) is 15.4. The van der Waals surface area contributed by atoms with E-state index in [2.05, 4.69) is 55.8 Å². The maximum atomic E-state index is 14.3. The molecule has 0 unspecified atom stereocenters. The Labute approximate surface area is 319 Å². The van der Waals surface area contributed by atoms with Gasteiger partial charge in [-0.3, -0.25) is 10.1 Å². The number of rotatable bonds is 15. The number of sulfone groups is 1. The minimum absolute atomic E-state index is 0. The van der Waals surface area contributed by atoms with Crippen molar-refractivity contribution in [2.24, 2.45) is 10.2 Å².